The lowest BCUT2D eigenvalue weighted by molar-refractivity contribution is 0.0601. The number of carbonyl (C=O) groups excluding carboxylic acids is 2. The second kappa shape index (κ2) is 7.85. The third-order valence-corrected chi connectivity index (χ3v) is 3.97. The molecule has 0 saturated heterocycles. The number of aromatic nitrogens is 3. The summed E-state index contributed by atoms with van der Waals surface area (Å²) < 4.78 is 19.8. The molecule has 0 aliphatic heterocycles. The van der Waals surface area contributed by atoms with Crippen molar-refractivity contribution in [3.63, 3.8) is 0 Å². The van der Waals surface area contributed by atoms with E-state index in [0.29, 0.717) is 11.4 Å². The first-order valence-corrected chi connectivity index (χ1v) is 8.11. The van der Waals surface area contributed by atoms with Crippen molar-refractivity contribution in [2.24, 2.45) is 0 Å². The number of esters is 1. The topological polar surface area (TPSA) is 110 Å². The lowest BCUT2D eigenvalue weighted by Gasteiger charge is -2.10. The van der Waals surface area contributed by atoms with Crippen LogP contribution in [0.3, 0.4) is 0 Å². The summed E-state index contributed by atoms with van der Waals surface area (Å²) >= 11 is 5.73. The molecule has 0 fully saturated rings. The maximum Gasteiger partial charge on any atom is 0.340 e. The number of nitriles is 1. The largest absolute Gasteiger partial charge is 0.465 e. The van der Waals surface area contributed by atoms with E-state index in [1.54, 1.807) is 23.0 Å². The molecular weight excluding hydrogens is 389 g/mol. The maximum absolute atomic E-state index is 13.7. The quantitative estimate of drug-likeness (QED) is 0.675. The van der Waals surface area contributed by atoms with Crippen molar-refractivity contribution in [2.75, 3.05) is 12.4 Å². The first kappa shape index (κ1) is 19.0. The summed E-state index contributed by atoms with van der Waals surface area (Å²) in [6, 6.07) is 8.51. The molecule has 0 bridgehead atoms. The molecule has 1 N–H and O–H groups in total. The summed E-state index contributed by atoms with van der Waals surface area (Å²) in [5, 5.41) is 18.8. The predicted octanol–water partition coefficient (Wildman–Crippen LogP) is 2.97. The van der Waals surface area contributed by atoms with E-state index < -0.39 is 17.7 Å². The number of ether oxygens (including phenoxy) is 1. The van der Waals surface area contributed by atoms with E-state index in [1.807, 2.05) is 6.07 Å². The minimum atomic E-state index is -0.840. The van der Waals surface area contributed by atoms with E-state index in [4.69, 9.17) is 16.9 Å². The monoisotopic (exact) mass is 399 g/mol. The van der Waals surface area contributed by atoms with Crippen molar-refractivity contribution >= 4 is 29.2 Å². The van der Waals surface area contributed by atoms with Crippen LogP contribution in [0.15, 0.2) is 42.7 Å². The number of carbonyl (C=O) groups is 2. The van der Waals surface area contributed by atoms with Crippen LogP contribution in [0.1, 0.15) is 26.4 Å². The molecule has 0 unspecified atom stereocenters. The molecule has 0 aliphatic carbocycles. The van der Waals surface area contributed by atoms with Gasteiger partial charge in [-0.2, -0.15) is 5.26 Å². The van der Waals surface area contributed by atoms with Crippen molar-refractivity contribution < 1.29 is 18.7 Å². The van der Waals surface area contributed by atoms with Crippen LogP contribution in [-0.2, 0) is 4.74 Å². The van der Waals surface area contributed by atoms with Crippen molar-refractivity contribution in [1.29, 1.82) is 5.26 Å². The van der Waals surface area contributed by atoms with Crippen molar-refractivity contribution in [2.45, 2.75) is 0 Å². The van der Waals surface area contributed by atoms with Crippen LogP contribution in [0.2, 0.25) is 5.02 Å². The van der Waals surface area contributed by atoms with Crippen LogP contribution >= 0.6 is 11.6 Å². The second-order valence-electron chi connectivity index (χ2n) is 5.45. The number of benzene rings is 1. The Balaban J connectivity index is 1.84. The molecule has 3 aromatic rings. The molecule has 10 heteroatoms. The number of hydrogen-bond donors (Lipinski definition) is 1. The van der Waals surface area contributed by atoms with Crippen LogP contribution in [0.5, 0.6) is 0 Å². The molecule has 2 heterocycles. The molecule has 8 nitrogen and oxygen atoms in total. The highest BCUT2D eigenvalue weighted by molar-refractivity contribution is 6.31. The first-order chi connectivity index (χ1) is 13.4. The summed E-state index contributed by atoms with van der Waals surface area (Å²) in [7, 11) is 1.13. The SMILES string of the molecule is COC(=O)c1cc(F)c(Cl)cc1NC(=O)c1ccc(-n2ccc(C#N)c2)nn1. The van der Waals surface area contributed by atoms with Gasteiger partial charge < -0.3 is 14.6 Å². The number of methoxy groups -OCH3 is 1. The van der Waals surface area contributed by atoms with E-state index in [-0.39, 0.29) is 22.0 Å². The second-order valence-corrected chi connectivity index (χ2v) is 5.86. The van der Waals surface area contributed by atoms with Crippen molar-refractivity contribution in [1.82, 2.24) is 14.8 Å². The van der Waals surface area contributed by atoms with Gasteiger partial charge in [-0.1, -0.05) is 11.6 Å². The summed E-state index contributed by atoms with van der Waals surface area (Å²) in [6.45, 7) is 0. The molecule has 0 aliphatic rings. The van der Waals surface area contributed by atoms with Crippen molar-refractivity contribution in [3.8, 4) is 11.9 Å². The number of amides is 1. The van der Waals surface area contributed by atoms with Gasteiger partial charge in [0.25, 0.3) is 5.91 Å². The van der Waals surface area contributed by atoms with Crippen LogP contribution in [0, 0.1) is 17.1 Å². The van der Waals surface area contributed by atoms with Gasteiger partial charge in [0.15, 0.2) is 11.5 Å². The Hall–Kier alpha value is -3.77. The van der Waals surface area contributed by atoms with Gasteiger partial charge in [-0.15, -0.1) is 10.2 Å². The summed E-state index contributed by atoms with van der Waals surface area (Å²) in [4.78, 5) is 24.2. The van der Waals surface area contributed by atoms with Gasteiger partial charge >= 0.3 is 5.97 Å². The van der Waals surface area contributed by atoms with Gasteiger partial charge in [0.1, 0.15) is 11.9 Å². The predicted molar refractivity (Wildman–Crippen MR) is 96.8 cm³/mol. The van der Waals surface area contributed by atoms with E-state index in [2.05, 4.69) is 20.3 Å². The van der Waals surface area contributed by atoms with E-state index >= 15 is 0 Å². The number of anilines is 1. The summed E-state index contributed by atoms with van der Waals surface area (Å²) in [5.74, 6) is -1.95. The fraction of sp³-hybridized carbons (Fsp3) is 0.0556. The van der Waals surface area contributed by atoms with Crippen LogP contribution < -0.4 is 5.32 Å². The Kier molecular flexibility index (Phi) is 5.33. The first-order valence-electron chi connectivity index (χ1n) is 7.74. The Morgan fingerprint density at radius 1 is 1.29 bits per heavy atom. The molecule has 28 heavy (non-hydrogen) atoms. The summed E-state index contributed by atoms with van der Waals surface area (Å²) in [5.41, 5.74) is 0.178. The lowest BCUT2D eigenvalue weighted by atomic mass is 10.1. The maximum atomic E-state index is 13.7. The zero-order valence-electron chi connectivity index (χ0n) is 14.3. The Bertz CT molecular complexity index is 1110. The number of nitrogens with one attached hydrogen (secondary N) is 1. The number of hydrogen-bond acceptors (Lipinski definition) is 6. The molecular formula is C18H11ClFN5O3. The van der Waals surface area contributed by atoms with Gasteiger partial charge in [0.05, 0.1) is 28.9 Å². The zero-order chi connectivity index (χ0) is 20.3. The van der Waals surface area contributed by atoms with E-state index in [1.165, 1.54) is 12.1 Å². The van der Waals surface area contributed by atoms with Crippen LogP contribution in [-0.4, -0.2) is 33.8 Å². The molecule has 1 aromatic carbocycles. The third kappa shape index (κ3) is 3.82. The molecule has 0 saturated carbocycles. The van der Waals surface area contributed by atoms with Gasteiger partial charge in [-0.3, -0.25) is 4.79 Å². The van der Waals surface area contributed by atoms with E-state index in [0.717, 1.165) is 19.2 Å². The molecule has 0 radical (unpaired) electrons. The smallest absolute Gasteiger partial charge is 0.340 e. The Morgan fingerprint density at radius 3 is 2.68 bits per heavy atom. The number of nitrogens with zero attached hydrogens (tertiary/aromatic N) is 4. The Morgan fingerprint density at radius 2 is 2.07 bits per heavy atom. The molecule has 3 rings (SSSR count). The highest BCUT2D eigenvalue weighted by Gasteiger charge is 2.19. The van der Waals surface area contributed by atoms with Crippen LogP contribution in [0.25, 0.3) is 5.82 Å². The minimum absolute atomic E-state index is 0.0294. The van der Waals surface area contributed by atoms with E-state index in [9.17, 15) is 14.0 Å². The lowest BCUT2D eigenvalue weighted by Crippen LogP contribution is -2.17. The average Bonchev–Trinajstić information content (AvgIpc) is 3.19. The van der Waals surface area contributed by atoms with Gasteiger partial charge in [0.2, 0.25) is 0 Å². The molecule has 0 atom stereocenters. The van der Waals surface area contributed by atoms with Gasteiger partial charge in [0, 0.05) is 12.4 Å². The molecule has 2 aromatic heterocycles. The fourth-order valence-electron chi connectivity index (χ4n) is 2.30. The highest BCUT2D eigenvalue weighted by Crippen LogP contribution is 2.25. The highest BCUT2D eigenvalue weighted by atomic mass is 35.5. The zero-order valence-corrected chi connectivity index (χ0v) is 15.1. The minimum Gasteiger partial charge on any atom is -0.465 e. The van der Waals surface area contributed by atoms with Crippen LogP contribution in [0.4, 0.5) is 10.1 Å². The average molecular weight is 400 g/mol. The number of halogens is 2. The Labute approximate surface area is 163 Å². The fourth-order valence-corrected chi connectivity index (χ4v) is 2.47. The van der Waals surface area contributed by atoms with Gasteiger partial charge in [-0.05, 0) is 30.3 Å². The summed E-state index contributed by atoms with van der Waals surface area (Å²) in [6.07, 6.45) is 3.19. The van der Waals surface area contributed by atoms with Gasteiger partial charge in [-0.25, -0.2) is 9.18 Å². The molecule has 0 spiro atoms. The standard InChI is InChI=1S/C18H11ClFN5O3/c1-28-18(27)11-6-13(20)12(19)7-15(11)22-17(26)14-2-3-16(24-23-14)25-5-4-10(8-21)9-25/h2-7,9H,1H3,(H,22,26). The molecule has 1 amide bonds. The molecule has 140 valence electrons. The normalized spacial score (nSPS) is 10.2. The van der Waals surface area contributed by atoms with Crippen molar-refractivity contribution in [3.05, 3.63) is 70.4 Å². The number of rotatable bonds is 4. The third-order valence-electron chi connectivity index (χ3n) is 3.68.